The zero-order valence-corrected chi connectivity index (χ0v) is 22.5. The molecule has 3 amide bonds. The molecule has 2 heterocycles. The van der Waals surface area contributed by atoms with E-state index in [0.717, 1.165) is 43.2 Å². The fourth-order valence-corrected chi connectivity index (χ4v) is 5.10. The van der Waals surface area contributed by atoms with Gasteiger partial charge in [-0.05, 0) is 56.5 Å². The van der Waals surface area contributed by atoms with E-state index in [1.165, 1.54) is 16.9 Å². The number of likely N-dealkylation sites (tertiary alicyclic amines) is 1. The highest BCUT2D eigenvalue weighted by atomic mass is 32.1. The lowest BCUT2D eigenvalue weighted by Gasteiger charge is -2.32. The fraction of sp³-hybridized carbons (Fsp3) is 0.393. The largest absolute Gasteiger partial charge is 0.497 e. The molecule has 0 spiro atoms. The number of thiazole rings is 1. The Bertz CT molecular complexity index is 1160. The van der Waals surface area contributed by atoms with Crippen molar-refractivity contribution >= 4 is 29.0 Å². The van der Waals surface area contributed by atoms with Crippen LogP contribution in [0.3, 0.4) is 0 Å². The molecule has 0 unspecified atom stereocenters. The predicted octanol–water partition coefficient (Wildman–Crippen LogP) is 4.99. The van der Waals surface area contributed by atoms with Gasteiger partial charge in [-0.1, -0.05) is 30.3 Å². The average Bonchev–Trinajstić information content (AvgIpc) is 3.38. The molecule has 0 radical (unpaired) electrons. The van der Waals surface area contributed by atoms with Crippen LogP contribution in [0.15, 0.2) is 60.0 Å². The van der Waals surface area contributed by atoms with Crippen LogP contribution in [0.1, 0.15) is 47.7 Å². The van der Waals surface area contributed by atoms with E-state index in [4.69, 9.17) is 4.74 Å². The minimum absolute atomic E-state index is 0.0412. The van der Waals surface area contributed by atoms with Crippen LogP contribution in [-0.2, 0) is 13.1 Å². The summed E-state index contributed by atoms with van der Waals surface area (Å²) in [6.07, 6.45) is 1.84. The molecule has 37 heavy (non-hydrogen) atoms. The maximum Gasteiger partial charge on any atom is 0.322 e. The quantitative estimate of drug-likeness (QED) is 0.414. The number of nitrogens with zero attached hydrogens (tertiary/aromatic N) is 3. The van der Waals surface area contributed by atoms with Crippen molar-refractivity contribution in [2.45, 2.75) is 51.9 Å². The Kier molecular flexibility index (Phi) is 9.14. The molecule has 0 aliphatic carbocycles. The molecule has 1 fully saturated rings. The standard InChI is InChI=1S/C28H35N5O3S/c1-20(2)33(28(35)30-22-9-11-24(36-3)12-10-22)18-26-31-25(19-37-26)27(34)29-23-13-15-32(16-14-23)17-21-7-5-4-6-8-21/h4-12,19-20,23H,13-18H2,1-3H3,(H,29,34)(H,30,35). The molecule has 3 aromatic rings. The molecule has 1 saturated heterocycles. The number of hydrogen-bond donors (Lipinski definition) is 2. The van der Waals surface area contributed by atoms with E-state index in [0.29, 0.717) is 17.9 Å². The molecule has 2 N–H and O–H groups in total. The number of benzene rings is 2. The summed E-state index contributed by atoms with van der Waals surface area (Å²) in [5.74, 6) is 0.577. The van der Waals surface area contributed by atoms with Gasteiger partial charge in [-0.25, -0.2) is 9.78 Å². The van der Waals surface area contributed by atoms with Crippen LogP contribution in [0.2, 0.25) is 0 Å². The number of urea groups is 1. The van der Waals surface area contributed by atoms with Gasteiger partial charge in [0.25, 0.3) is 5.91 Å². The summed E-state index contributed by atoms with van der Waals surface area (Å²) in [7, 11) is 1.60. The summed E-state index contributed by atoms with van der Waals surface area (Å²) in [5, 5.41) is 8.57. The monoisotopic (exact) mass is 521 g/mol. The van der Waals surface area contributed by atoms with E-state index >= 15 is 0 Å². The molecule has 0 bridgehead atoms. The molecule has 196 valence electrons. The number of carbonyl (C=O) groups is 2. The maximum atomic E-state index is 12.9. The number of rotatable bonds is 9. The molecule has 2 aromatic carbocycles. The van der Waals surface area contributed by atoms with E-state index < -0.39 is 0 Å². The Morgan fingerprint density at radius 1 is 1.11 bits per heavy atom. The summed E-state index contributed by atoms with van der Waals surface area (Å²) in [5.41, 5.74) is 2.41. The zero-order chi connectivity index (χ0) is 26.2. The molecule has 0 atom stereocenters. The highest BCUT2D eigenvalue weighted by molar-refractivity contribution is 7.09. The van der Waals surface area contributed by atoms with Crippen molar-refractivity contribution in [2.24, 2.45) is 0 Å². The molecular weight excluding hydrogens is 486 g/mol. The van der Waals surface area contributed by atoms with Gasteiger partial charge < -0.3 is 20.3 Å². The van der Waals surface area contributed by atoms with Crippen LogP contribution in [0.25, 0.3) is 0 Å². The number of amides is 3. The van der Waals surface area contributed by atoms with Gasteiger partial charge >= 0.3 is 6.03 Å². The Hall–Kier alpha value is -3.43. The summed E-state index contributed by atoms with van der Waals surface area (Å²) in [4.78, 5) is 34.5. The van der Waals surface area contributed by atoms with E-state index in [1.54, 1.807) is 41.7 Å². The van der Waals surface area contributed by atoms with Crippen LogP contribution < -0.4 is 15.4 Å². The third kappa shape index (κ3) is 7.53. The number of nitrogens with one attached hydrogen (secondary N) is 2. The minimum atomic E-state index is -0.219. The molecule has 1 aliphatic heterocycles. The first-order valence-electron chi connectivity index (χ1n) is 12.6. The summed E-state index contributed by atoms with van der Waals surface area (Å²) in [6, 6.07) is 17.6. The number of ether oxygens (including phenoxy) is 1. The number of carbonyl (C=O) groups excluding carboxylic acids is 2. The lowest BCUT2D eigenvalue weighted by Crippen LogP contribution is -2.44. The zero-order valence-electron chi connectivity index (χ0n) is 21.6. The van der Waals surface area contributed by atoms with E-state index in [-0.39, 0.29) is 24.0 Å². The highest BCUT2D eigenvalue weighted by Gasteiger charge is 2.24. The number of methoxy groups -OCH3 is 1. The summed E-state index contributed by atoms with van der Waals surface area (Å²) in [6.45, 7) is 7.09. The molecule has 0 saturated carbocycles. The predicted molar refractivity (Wildman–Crippen MR) is 147 cm³/mol. The van der Waals surface area contributed by atoms with Crippen LogP contribution >= 0.6 is 11.3 Å². The SMILES string of the molecule is COc1ccc(NC(=O)N(Cc2nc(C(=O)NC3CCN(Cc4ccccc4)CC3)cs2)C(C)C)cc1. The average molecular weight is 522 g/mol. The number of piperidine rings is 1. The van der Waals surface area contributed by atoms with Crippen molar-refractivity contribution in [1.82, 2.24) is 20.1 Å². The van der Waals surface area contributed by atoms with Crippen molar-refractivity contribution in [1.29, 1.82) is 0 Å². The fourth-order valence-electron chi connectivity index (χ4n) is 4.33. The van der Waals surface area contributed by atoms with Crippen molar-refractivity contribution in [3.8, 4) is 5.75 Å². The van der Waals surface area contributed by atoms with Crippen molar-refractivity contribution in [3.05, 3.63) is 76.2 Å². The number of aromatic nitrogens is 1. The minimum Gasteiger partial charge on any atom is -0.497 e. The molecule has 9 heteroatoms. The van der Waals surface area contributed by atoms with Crippen LogP contribution in [0.5, 0.6) is 5.75 Å². The lowest BCUT2D eigenvalue weighted by molar-refractivity contribution is 0.0904. The Balaban J connectivity index is 1.27. The molecule has 1 aromatic heterocycles. The van der Waals surface area contributed by atoms with Crippen molar-refractivity contribution in [3.63, 3.8) is 0 Å². The first-order chi connectivity index (χ1) is 17.9. The maximum absolute atomic E-state index is 12.9. The third-order valence-electron chi connectivity index (χ3n) is 6.49. The second-order valence-corrected chi connectivity index (χ2v) is 10.5. The first-order valence-corrected chi connectivity index (χ1v) is 13.5. The van der Waals surface area contributed by atoms with Gasteiger partial charge in [0, 0.05) is 42.8 Å². The first kappa shape index (κ1) is 26.6. The second-order valence-electron chi connectivity index (χ2n) is 9.52. The number of anilines is 1. The molecule has 1 aliphatic rings. The van der Waals surface area contributed by atoms with Gasteiger partial charge in [0.05, 0.1) is 13.7 Å². The van der Waals surface area contributed by atoms with E-state index in [9.17, 15) is 9.59 Å². The normalized spacial score (nSPS) is 14.4. The Morgan fingerprint density at radius 2 is 1.81 bits per heavy atom. The Morgan fingerprint density at radius 3 is 2.46 bits per heavy atom. The van der Waals surface area contributed by atoms with E-state index in [2.05, 4.69) is 44.8 Å². The third-order valence-corrected chi connectivity index (χ3v) is 7.32. The number of hydrogen-bond acceptors (Lipinski definition) is 6. The summed E-state index contributed by atoms with van der Waals surface area (Å²) < 4.78 is 5.17. The summed E-state index contributed by atoms with van der Waals surface area (Å²) >= 11 is 1.40. The lowest BCUT2D eigenvalue weighted by atomic mass is 10.0. The van der Waals surface area contributed by atoms with Crippen LogP contribution in [0, 0.1) is 0 Å². The van der Waals surface area contributed by atoms with Crippen molar-refractivity contribution < 1.29 is 14.3 Å². The highest BCUT2D eigenvalue weighted by Crippen LogP contribution is 2.19. The Labute approximate surface area is 222 Å². The van der Waals surface area contributed by atoms with Gasteiger partial charge in [-0.2, -0.15) is 0 Å². The topological polar surface area (TPSA) is 86.8 Å². The second kappa shape index (κ2) is 12.7. The van der Waals surface area contributed by atoms with Gasteiger partial charge in [0.2, 0.25) is 0 Å². The van der Waals surface area contributed by atoms with Crippen LogP contribution in [-0.4, -0.2) is 59.0 Å². The van der Waals surface area contributed by atoms with Crippen molar-refractivity contribution in [2.75, 3.05) is 25.5 Å². The van der Waals surface area contributed by atoms with Crippen LogP contribution in [0.4, 0.5) is 10.5 Å². The molecule has 4 rings (SSSR count). The van der Waals surface area contributed by atoms with Gasteiger partial charge in [0.15, 0.2) is 0 Å². The smallest absolute Gasteiger partial charge is 0.322 e. The van der Waals surface area contributed by atoms with Gasteiger partial charge in [-0.3, -0.25) is 9.69 Å². The van der Waals surface area contributed by atoms with Gasteiger partial charge in [-0.15, -0.1) is 11.3 Å². The van der Waals surface area contributed by atoms with Gasteiger partial charge in [0.1, 0.15) is 16.5 Å². The molecule has 8 nitrogen and oxygen atoms in total. The molecular formula is C28H35N5O3S. The van der Waals surface area contributed by atoms with E-state index in [1.807, 2.05) is 19.9 Å².